The zero-order valence-electron chi connectivity index (χ0n) is 8.21. The van der Waals surface area contributed by atoms with Crippen LogP contribution in [0, 0.1) is 6.92 Å². The molecule has 0 nitrogen and oxygen atoms in total. The van der Waals surface area contributed by atoms with Crippen LogP contribution in [-0.2, 0) is 0 Å². The van der Waals surface area contributed by atoms with E-state index < -0.39 is 0 Å². The molecule has 2 aromatic rings. The van der Waals surface area contributed by atoms with Crippen molar-refractivity contribution in [3.8, 4) is 0 Å². The summed E-state index contributed by atoms with van der Waals surface area (Å²) in [6, 6.07) is 11.8. The van der Waals surface area contributed by atoms with Crippen molar-refractivity contribution in [1.82, 2.24) is 0 Å². The van der Waals surface area contributed by atoms with E-state index in [9.17, 15) is 0 Å². The van der Waals surface area contributed by atoms with Gasteiger partial charge in [0.2, 0.25) is 0 Å². The minimum Gasteiger partial charge on any atom is -0.144 e. The second kappa shape index (κ2) is 4.56. The van der Waals surface area contributed by atoms with Crippen LogP contribution < -0.4 is 0 Å². The van der Waals surface area contributed by atoms with Crippen LogP contribution in [0.15, 0.2) is 36.4 Å². The Kier molecular flexibility index (Phi) is 3.35. The number of hydrogen-bond donors (Lipinski definition) is 0. The predicted molar refractivity (Wildman–Crippen MR) is 68.2 cm³/mol. The fourth-order valence-electron chi connectivity index (χ4n) is 1.42. The molecule has 0 radical (unpaired) electrons. The second-order valence-corrected chi connectivity index (χ2v) is 5.56. The molecular formula is C12H10Cl2S. The maximum Gasteiger partial charge on any atom is 0.0928 e. The molecule has 0 bridgehead atoms. The van der Waals surface area contributed by atoms with Crippen LogP contribution in [0.2, 0.25) is 5.02 Å². The van der Waals surface area contributed by atoms with E-state index in [1.165, 1.54) is 4.88 Å². The van der Waals surface area contributed by atoms with Crippen LogP contribution in [-0.4, -0.2) is 0 Å². The molecule has 78 valence electrons. The lowest BCUT2D eigenvalue weighted by molar-refractivity contribution is 1.18. The third-order valence-corrected chi connectivity index (χ3v) is 4.07. The van der Waals surface area contributed by atoms with Crippen molar-refractivity contribution < 1.29 is 0 Å². The van der Waals surface area contributed by atoms with Gasteiger partial charge < -0.3 is 0 Å². The van der Waals surface area contributed by atoms with Crippen molar-refractivity contribution in [2.24, 2.45) is 0 Å². The predicted octanol–water partition coefficient (Wildman–Crippen LogP) is 5.04. The van der Waals surface area contributed by atoms with E-state index >= 15 is 0 Å². The third-order valence-electron chi connectivity index (χ3n) is 2.15. The molecule has 1 atom stereocenters. The van der Waals surface area contributed by atoms with Gasteiger partial charge in [-0.05, 0) is 36.8 Å². The molecule has 2 rings (SSSR count). The standard InChI is InChI=1S/C12H10Cl2S/c1-8-5-6-11(15-8)12(14)9-3-2-4-10(13)7-9/h2-7,12H,1H3. The molecule has 0 spiro atoms. The van der Waals surface area contributed by atoms with Gasteiger partial charge in [-0.25, -0.2) is 0 Å². The van der Waals surface area contributed by atoms with Gasteiger partial charge in [0.05, 0.1) is 5.38 Å². The number of benzene rings is 1. The Bertz CT molecular complexity index is 462. The van der Waals surface area contributed by atoms with E-state index in [1.54, 1.807) is 11.3 Å². The van der Waals surface area contributed by atoms with Gasteiger partial charge in [-0.2, -0.15) is 0 Å². The number of alkyl halides is 1. The molecule has 0 saturated carbocycles. The largest absolute Gasteiger partial charge is 0.144 e. The van der Waals surface area contributed by atoms with Crippen LogP contribution in [0.1, 0.15) is 20.7 Å². The summed E-state index contributed by atoms with van der Waals surface area (Å²) >= 11 is 14.0. The Morgan fingerprint density at radius 1 is 1.20 bits per heavy atom. The van der Waals surface area contributed by atoms with Gasteiger partial charge in [0.15, 0.2) is 0 Å². The molecule has 1 aromatic heterocycles. The van der Waals surface area contributed by atoms with Gasteiger partial charge in [0, 0.05) is 14.8 Å². The Hall–Kier alpha value is -0.500. The molecule has 0 N–H and O–H groups in total. The smallest absolute Gasteiger partial charge is 0.0928 e. The van der Waals surface area contributed by atoms with Crippen LogP contribution in [0.4, 0.5) is 0 Å². The summed E-state index contributed by atoms with van der Waals surface area (Å²) in [7, 11) is 0. The monoisotopic (exact) mass is 256 g/mol. The summed E-state index contributed by atoms with van der Waals surface area (Å²) in [6.07, 6.45) is 0. The first-order chi connectivity index (χ1) is 7.16. The van der Waals surface area contributed by atoms with E-state index in [4.69, 9.17) is 23.2 Å². The van der Waals surface area contributed by atoms with Crippen molar-refractivity contribution in [3.63, 3.8) is 0 Å². The first-order valence-corrected chi connectivity index (χ1v) is 6.26. The fraction of sp³-hybridized carbons (Fsp3) is 0.167. The molecule has 0 amide bonds. The Balaban J connectivity index is 2.32. The zero-order chi connectivity index (χ0) is 10.8. The Morgan fingerprint density at radius 2 is 2.00 bits per heavy atom. The zero-order valence-corrected chi connectivity index (χ0v) is 10.5. The molecule has 0 aliphatic heterocycles. The molecule has 0 saturated heterocycles. The van der Waals surface area contributed by atoms with Gasteiger partial charge in [0.25, 0.3) is 0 Å². The lowest BCUT2D eigenvalue weighted by Gasteiger charge is -2.07. The molecule has 0 aliphatic rings. The topological polar surface area (TPSA) is 0 Å². The highest BCUT2D eigenvalue weighted by Crippen LogP contribution is 2.34. The Labute approximate surface area is 103 Å². The van der Waals surface area contributed by atoms with Gasteiger partial charge in [0.1, 0.15) is 0 Å². The van der Waals surface area contributed by atoms with Gasteiger partial charge in [-0.1, -0.05) is 23.7 Å². The number of aryl methyl sites for hydroxylation is 1. The van der Waals surface area contributed by atoms with E-state index in [2.05, 4.69) is 19.1 Å². The first kappa shape index (κ1) is 11.0. The van der Waals surface area contributed by atoms with Gasteiger partial charge in [-0.3, -0.25) is 0 Å². The van der Waals surface area contributed by atoms with E-state index in [0.29, 0.717) is 0 Å². The van der Waals surface area contributed by atoms with E-state index in [1.807, 2.05) is 24.3 Å². The molecule has 0 aliphatic carbocycles. The third kappa shape index (κ3) is 2.54. The van der Waals surface area contributed by atoms with Crippen LogP contribution in [0.5, 0.6) is 0 Å². The molecule has 1 unspecified atom stereocenters. The summed E-state index contributed by atoms with van der Waals surface area (Å²) in [5.41, 5.74) is 1.05. The normalized spacial score (nSPS) is 12.7. The first-order valence-electron chi connectivity index (χ1n) is 4.62. The van der Waals surface area contributed by atoms with E-state index in [0.717, 1.165) is 15.5 Å². The summed E-state index contributed by atoms with van der Waals surface area (Å²) in [5.74, 6) is 0. The average Bonchev–Trinajstić information content (AvgIpc) is 2.64. The lowest BCUT2D eigenvalue weighted by atomic mass is 10.1. The second-order valence-electron chi connectivity index (χ2n) is 3.37. The summed E-state index contributed by atoms with van der Waals surface area (Å²) in [4.78, 5) is 2.44. The van der Waals surface area contributed by atoms with Crippen LogP contribution in [0.3, 0.4) is 0 Å². The summed E-state index contributed by atoms with van der Waals surface area (Å²) in [6.45, 7) is 2.08. The maximum absolute atomic E-state index is 6.37. The van der Waals surface area contributed by atoms with Crippen LogP contribution in [0.25, 0.3) is 0 Å². The SMILES string of the molecule is Cc1ccc(C(Cl)c2cccc(Cl)c2)s1. The molecule has 1 aromatic carbocycles. The van der Waals surface area contributed by atoms with Gasteiger partial charge in [-0.15, -0.1) is 22.9 Å². The summed E-state index contributed by atoms with van der Waals surface area (Å²) in [5, 5.41) is 0.633. The quantitative estimate of drug-likeness (QED) is 0.661. The van der Waals surface area contributed by atoms with Crippen molar-refractivity contribution >= 4 is 34.5 Å². The highest BCUT2D eigenvalue weighted by atomic mass is 35.5. The highest BCUT2D eigenvalue weighted by molar-refractivity contribution is 7.12. The molecular weight excluding hydrogens is 247 g/mol. The van der Waals surface area contributed by atoms with E-state index in [-0.39, 0.29) is 5.38 Å². The molecule has 1 heterocycles. The minimum absolute atomic E-state index is 0.0950. The number of halogens is 2. The maximum atomic E-state index is 6.37. The fourth-order valence-corrected chi connectivity index (χ4v) is 2.84. The minimum atomic E-state index is -0.0950. The van der Waals surface area contributed by atoms with Crippen molar-refractivity contribution in [2.45, 2.75) is 12.3 Å². The van der Waals surface area contributed by atoms with Crippen LogP contribution >= 0.6 is 34.5 Å². The Morgan fingerprint density at radius 3 is 2.60 bits per heavy atom. The number of rotatable bonds is 2. The van der Waals surface area contributed by atoms with Crippen molar-refractivity contribution in [1.29, 1.82) is 0 Å². The molecule has 15 heavy (non-hydrogen) atoms. The number of hydrogen-bond acceptors (Lipinski definition) is 1. The van der Waals surface area contributed by atoms with Gasteiger partial charge >= 0.3 is 0 Å². The highest BCUT2D eigenvalue weighted by Gasteiger charge is 2.12. The number of thiophene rings is 1. The molecule has 3 heteroatoms. The lowest BCUT2D eigenvalue weighted by Crippen LogP contribution is -1.89. The summed E-state index contributed by atoms with van der Waals surface area (Å²) < 4.78 is 0. The van der Waals surface area contributed by atoms with Crippen molar-refractivity contribution in [2.75, 3.05) is 0 Å². The average molecular weight is 257 g/mol. The van der Waals surface area contributed by atoms with Crippen molar-refractivity contribution in [3.05, 3.63) is 56.7 Å². The molecule has 0 fully saturated rings.